The smallest absolute Gasteiger partial charge is 0.433 e. The maximum absolute atomic E-state index is 13.0. The molecule has 202 valence electrons. The van der Waals surface area contributed by atoms with Gasteiger partial charge >= 0.3 is 18.3 Å². The maximum Gasteiger partial charge on any atom is 0.433 e. The third-order valence-electron chi connectivity index (χ3n) is 5.60. The van der Waals surface area contributed by atoms with Crippen LogP contribution >= 0.6 is 0 Å². The van der Waals surface area contributed by atoms with E-state index < -0.39 is 47.3 Å². The summed E-state index contributed by atoms with van der Waals surface area (Å²) >= 11 is 0. The molecule has 8 nitrogen and oxygen atoms in total. The lowest BCUT2D eigenvalue weighted by Gasteiger charge is -2.16. The number of carbonyl (C=O) groups is 3. The number of nitrogens with zero attached hydrogens (tertiary/aromatic N) is 2. The number of carboxylic acid groups (broad SMARTS) is 1. The normalized spacial score (nSPS) is 16.9. The molecular formula is C23H24F6N4O4. The van der Waals surface area contributed by atoms with Gasteiger partial charge in [0, 0.05) is 23.0 Å². The molecule has 4 N–H and O–H groups in total. The van der Waals surface area contributed by atoms with Gasteiger partial charge in [-0.1, -0.05) is 6.07 Å². The maximum atomic E-state index is 13.0. The highest BCUT2D eigenvalue weighted by Gasteiger charge is 2.33. The van der Waals surface area contributed by atoms with Crippen LogP contribution in [0.25, 0.3) is 11.1 Å². The molecule has 1 aromatic carbocycles. The molecule has 2 aromatic rings. The quantitative estimate of drug-likeness (QED) is 0.393. The SMILES string of the molecule is CN1CCCC1C(=O)O.C[C@H](C(N)=O)C(=O)Nc1ccc(C(F)(F)F)cc1-c1ccc(C(F)(F)F)nc1. The van der Waals surface area contributed by atoms with Gasteiger partial charge in [-0.2, -0.15) is 26.3 Å². The zero-order chi connectivity index (χ0) is 28.1. The second-order valence-electron chi connectivity index (χ2n) is 8.28. The summed E-state index contributed by atoms with van der Waals surface area (Å²) in [5.41, 5.74) is 2.24. The van der Waals surface area contributed by atoms with Crippen molar-refractivity contribution in [2.24, 2.45) is 11.7 Å². The molecule has 1 aliphatic heterocycles. The molecule has 0 radical (unpaired) electrons. The molecule has 14 heteroatoms. The standard InChI is InChI=1S/C17H13F6N3O2.C6H11NO2/c1-8(14(24)27)15(28)26-12-4-3-10(16(18,19)20)6-11(12)9-2-5-13(25-7-9)17(21,22)23;1-7-4-2-3-5(7)6(8)9/h2-8H,1H3,(H2,24,27)(H,26,28);5H,2-4H2,1H3,(H,8,9)/t8-;/m1./s1. The van der Waals surface area contributed by atoms with Crippen molar-refractivity contribution in [3.63, 3.8) is 0 Å². The van der Waals surface area contributed by atoms with E-state index >= 15 is 0 Å². The fourth-order valence-corrected chi connectivity index (χ4v) is 3.38. The number of alkyl halides is 6. The molecule has 1 aliphatic rings. The van der Waals surface area contributed by atoms with Crippen molar-refractivity contribution in [2.45, 2.75) is 38.2 Å². The van der Waals surface area contributed by atoms with E-state index in [1.54, 1.807) is 0 Å². The van der Waals surface area contributed by atoms with E-state index in [1.165, 1.54) is 6.92 Å². The number of nitrogens with one attached hydrogen (secondary N) is 1. The molecule has 0 spiro atoms. The second-order valence-corrected chi connectivity index (χ2v) is 8.28. The Bertz CT molecular complexity index is 1140. The summed E-state index contributed by atoms with van der Waals surface area (Å²) in [5, 5.41) is 10.8. The summed E-state index contributed by atoms with van der Waals surface area (Å²) in [4.78, 5) is 38.6. The number of likely N-dealkylation sites (tertiary alicyclic amines) is 1. The summed E-state index contributed by atoms with van der Waals surface area (Å²) in [6.45, 7) is 2.12. The Kier molecular flexibility index (Phi) is 9.25. The zero-order valence-corrected chi connectivity index (χ0v) is 19.7. The summed E-state index contributed by atoms with van der Waals surface area (Å²) < 4.78 is 77.0. The highest BCUT2D eigenvalue weighted by atomic mass is 19.4. The first-order valence-electron chi connectivity index (χ1n) is 10.8. The van der Waals surface area contributed by atoms with Crippen LogP contribution in [-0.2, 0) is 26.7 Å². The van der Waals surface area contributed by atoms with Crippen LogP contribution in [0.3, 0.4) is 0 Å². The first-order chi connectivity index (χ1) is 17.0. The van der Waals surface area contributed by atoms with E-state index in [-0.39, 0.29) is 22.9 Å². The van der Waals surface area contributed by atoms with Crippen LogP contribution in [0, 0.1) is 5.92 Å². The van der Waals surface area contributed by atoms with Crippen LogP contribution < -0.4 is 11.1 Å². The number of aromatic nitrogens is 1. The van der Waals surface area contributed by atoms with Crippen molar-refractivity contribution in [1.29, 1.82) is 0 Å². The fraction of sp³-hybridized carbons (Fsp3) is 0.391. The van der Waals surface area contributed by atoms with Crippen molar-refractivity contribution in [3.8, 4) is 11.1 Å². The lowest BCUT2D eigenvalue weighted by Crippen LogP contribution is -2.32. The first-order valence-corrected chi connectivity index (χ1v) is 10.8. The van der Waals surface area contributed by atoms with E-state index in [4.69, 9.17) is 10.8 Å². The Balaban J connectivity index is 0.000000449. The van der Waals surface area contributed by atoms with Crippen LogP contribution in [-0.4, -0.2) is 52.4 Å². The van der Waals surface area contributed by atoms with E-state index in [0.29, 0.717) is 18.2 Å². The molecule has 37 heavy (non-hydrogen) atoms. The van der Waals surface area contributed by atoms with Crippen LogP contribution in [0.1, 0.15) is 31.0 Å². The Morgan fingerprint density at radius 2 is 1.76 bits per heavy atom. The lowest BCUT2D eigenvalue weighted by molar-refractivity contribution is -0.142. The summed E-state index contributed by atoms with van der Waals surface area (Å²) in [7, 11) is 1.85. The minimum absolute atomic E-state index is 0.0962. The second kappa shape index (κ2) is 11.6. The molecular weight excluding hydrogens is 510 g/mol. The number of primary amides is 1. The van der Waals surface area contributed by atoms with Gasteiger partial charge in [-0.25, -0.2) is 0 Å². The number of hydrogen-bond acceptors (Lipinski definition) is 5. The molecule has 0 saturated carbocycles. The highest BCUT2D eigenvalue weighted by molar-refractivity contribution is 6.07. The average molecular weight is 534 g/mol. The Hall–Kier alpha value is -3.68. The number of carbonyl (C=O) groups excluding carboxylic acids is 2. The summed E-state index contributed by atoms with van der Waals surface area (Å²) in [6, 6.07) is 3.60. The number of rotatable bonds is 5. The number of nitrogens with two attached hydrogens (primary N) is 1. The number of anilines is 1. The van der Waals surface area contributed by atoms with Gasteiger partial charge in [0.05, 0.1) is 5.56 Å². The number of hydrogen-bond donors (Lipinski definition) is 3. The van der Waals surface area contributed by atoms with E-state index in [9.17, 15) is 40.7 Å². The van der Waals surface area contributed by atoms with Crippen molar-refractivity contribution >= 4 is 23.5 Å². The van der Waals surface area contributed by atoms with Gasteiger partial charge in [0.15, 0.2) is 0 Å². The number of pyridine rings is 1. The molecule has 2 heterocycles. The number of amides is 2. The molecule has 2 atom stereocenters. The van der Waals surface area contributed by atoms with Crippen LogP contribution in [0.5, 0.6) is 0 Å². The van der Waals surface area contributed by atoms with Gasteiger partial charge in [-0.05, 0) is 57.6 Å². The third kappa shape index (κ3) is 7.90. The van der Waals surface area contributed by atoms with Crippen molar-refractivity contribution in [1.82, 2.24) is 9.88 Å². The largest absolute Gasteiger partial charge is 0.480 e. The number of benzene rings is 1. The molecule has 0 bridgehead atoms. The molecule has 1 saturated heterocycles. The predicted molar refractivity (Wildman–Crippen MR) is 120 cm³/mol. The summed E-state index contributed by atoms with van der Waals surface area (Å²) in [5.74, 6) is -3.80. The first kappa shape index (κ1) is 29.5. The van der Waals surface area contributed by atoms with E-state index in [0.717, 1.165) is 37.7 Å². The molecule has 2 amide bonds. The molecule has 1 aromatic heterocycles. The topological polar surface area (TPSA) is 126 Å². The minimum Gasteiger partial charge on any atom is -0.480 e. The highest BCUT2D eigenvalue weighted by Crippen LogP contribution is 2.37. The van der Waals surface area contributed by atoms with Gasteiger partial charge in [-0.3, -0.25) is 24.3 Å². The van der Waals surface area contributed by atoms with Crippen molar-refractivity contribution < 1.29 is 45.8 Å². The van der Waals surface area contributed by atoms with Gasteiger partial charge in [0.25, 0.3) is 0 Å². The van der Waals surface area contributed by atoms with Gasteiger partial charge < -0.3 is 16.2 Å². The average Bonchev–Trinajstić information content (AvgIpc) is 3.24. The van der Waals surface area contributed by atoms with Gasteiger partial charge in [-0.15, -0.1) is 0 Å². The number of likely N-dealkylation sites (N-methyl/N-ethyl adjacent to an activating group) is 1. The fourth-order valence-electron chi connectivity index (χ4n) is 3.38. The lowest BCUT2D eigenvalue weighted by atomic mass is 10.0. The van der Waals surface area contributed by atoms with Crippen LogP contribution in [0.4, 0.5) is 32.0 Å². The molecule has 1 fully saturated rings. The molecule has 0 aliphatic carbocycles. The van der Waals surface area contributed by atoms with Crippen molar-refractivity contribution in [3.05, 3.63) is 47.8 Å². The number of halogens is 6. The Morgan fingerprint density at radius 3 is 2.16 bits per heavy atom. The van der Waals surface area contributed by atoms with E-state index in [2.05, 4.69) is 10.3 Å². The van der Waals surface area contributed by atoms with Crippen LogP contribution in [0.15, 0.2) is 36.5 Å². The van der Waals surface area contributed by atoms with Gasteiger partial charge in [0.1, 0.15) is 17.7 Å². The predicted octanol–water partition coefficient (Wildman–Crippen LogP) is 4.01. The summed E-state index contributed by atoms with van der Waals surface area (Å²) in [6.07, 6.45) is -6.87. The van der Waals surface area contributed by atoms with Crippen LogP contribution in [0.2, 0.25) is 0 Å². The number of carboxylic acids is 1. The monoisotopic (exact) mass is 534 g/mol. The Morgan fingerprint density at radius 1 is 1.11 bits per heavy atom. The number of aliphatic carboxylic acids is 1. The molecule has 1 unspecified atom stereocenters. The van der Waals surface area contributed by atoms with E-state index in [1.807, 2.05) is 11.9 Å². The zero-order valence-electron chi connectivity index (χ0n) is 19.7. The molecule has 3 rings (SSSR count). The minimum atomic E-state index is -4.73. The van der Waals surface area contributed by atoms with Gasteiger partial charge in [0.2, 0.25) is 11.8 Å². The van der Waals surface area contributed by atoms with Crippen molar-refractivity contribution in [2.75, 3.05) is 18.9 Å². The third-order valence-corrected chi connectivity index (χ3v) is 5.60. The Labute approximate surface area is 207 Å².